The standard InChI is InChI=1S/C19H27N3O5S/c1-12-5-4-6-15(13(12)2)21-18(23)9-10-20-28(25,26)14-7-8-16-17(11-14)27-19(24)22(16)3/h7-8,11-13,15,20H,4-6,9-10H2,1-3H3,(H,21,23)/t12-,13-,15-/m1/s1. The van der Waals surface area contributed by atoms with E-state index < -0.39 is 15.8 Å². The maximum absolute atomic E-state index is 12.5. The zero-order chi connectivity index (χ0) is 20.5. The highest BCUT2D eigenvalue weighted by Gasteiger charge is 2.28. The largest absolute Gasteiger partial charge is 0.419 e. The maximum Gasteiger partial charge on any atom is 0.419 e. The van der Waals surface area contributed by atoms with Crippen LogP contribution in [0.3, 0.4) is 0 Å². The normalized spacial score (nSPS) is 23.0. The number of carbonyl (C=O) groups excluding carboxylic acids is 1. The van der Waals surface area contributed by atoms with Gasteiger partial charge in [0.1, 0.15) is 0 Å². The van der Waals surface area contributed by atoms with Crippen LogP contribution >= 0.6 is 0 Å². The zero-order valence-electron chi connectivity index (χ0n) is 16.4. The molecular weight excluding hydrogens is 382 g/mol. The Balaban J connectivity index is 1.57. The van der Waals surface area contributed by atoms with E-state index in [1.165, 1.54) is 29.2 Å². The van der Waals surface area contributed by atoms with Gasteiger partial charge in [-0.1, -0.05) is 26.7 Å². The second-order valence-electron chi connectivity index (χ2n) is 7.65. The lowest BCUT2D eigenvalue weighted by Gasteiger charge is -2.34. The lowest BCUT2D eigenvalue weighted by Crippen LogP contribution is -2.44. The van der Waals surface area contributed by atoms with Crippen molar-refractivity contribution in [1.29, 1.82) is 0 Å². The number of aryl methyl sites for hydroxylation is 1. The zero-order valence-corrected chi connectivity index (χ0v) is 17.2. The molecule has 3 rings (SSSR count). The summed E-state index contributed by atoms with van der Waals surface area (Å²) in [5.41, 5.74) is 0.715. The van der Waals surface area contributed by atoms with Gasteiger partial charge in [-0.2, -0.15) is 0 Å². The van der Waals surface area contributed by atoms with Crippen molar-refractivity contribution in [3.05, 3.63) is 28.7 Å². The Morgan fingerprint density at radius 1 is 1.29 bits per heavy atom. The first-order valence-electron chi connectivity index (χ1n) is 9.57. The molecule has 1 aromatic carbocycles. The molecule has 0 radical (unpaired) electrons. The Hall–Kier alpha value is -2.13. The van der Waals surface area contributed by atoms with Gasteiger partial charge in [-0.05, 0) is 30.4 Å². The van der Waals surface area contributed by atoms with Crippen molar-refractivity contribution in [2.75, 3.05) is 6.54 Å². The van der Waals surface area contributed by atoms with Crippen LogP contribution in [0.25, 0.3) is 11.1 Å². The van der Waals surface area contributed by atoms with Crippen LogP contribution in [0.4, 0.5) is 0 Å². The van der Waals surface area contributed by atoms with Gasteiger partial charge in [0.05, 0.1) is 10.4 Å². The van der Waals surface area contributed by atoms with E-state index in [4.69, 9.17) is 4.42 Å². The number of rotatable bonds is 6. The molecule has 9 heteroatoms. The summed E-state index contributed by atoms with van der Waals surface area (Å²) in [6, 6.07) is 4.39. The topological polar surface area (TPSA) is 110 Å². The molecule has 1 amide bonds. The van der Waals surface area contributed by atoms with Crippen molar-refractivity contribution in [3.63, 3.8) is 0 Å². The number of hydrogen-bond acceptors (Lipinski definition) is 5. The van der Waals surface area contributed by atoms with E-state index in [0.29, 0.717) is 17.4 Å². The Labute approximate surface area is 164 Å². The summed E-state index contributed by atoms with van der Waals surface area (Å²) in [5.74, 6) is 0.283. The predicted octanol–water partition coefficient (Wildman–Crippen LogP) is 1.74. The molecule has 1 heterocycles. The number of aromatic nitrogens is 1. The fraction of sp³-hybridized carbons (Fsp3) is 0.579. The summed E-state index contributed by atoms with van der Waals surface area (Å²) >= 11 is 0. The monoisotopic (exact) mass is 409 g/mol. The maximum atomic E-state index is 12.5. The van der Waals surface area contributed by atoms with Crippen LogP contribution in [0.15, 0.2) is 32.3 Å². The van der Waals surface area contributed by atoms with Crippen molar-refractivity contribution in [3.8, 4) is 0 Å². The molecule has 1 aliphatic rings. The quantitative estimate of drug-likeness (QED) is 0.755. The lowest BCUT2D eigenvalue weighted by molar-refractivity contribution is -0.122. The van der Waals surface area contributed by atoms with Gasteiger partial charge in [0.15, 0.2) is 5.58 Å². The Bertz CT molecular complexity index is 1020. The van der Waals surface area contributed by atoms with E-state index in [2.05, 4.69) is 23.9 Å². The molecule has 1 saturated carbocycles. The van der Waals surface area contributed by atoms with E-state index in [1.54, 1.807) is 7.05 Å². The summed E-state index contributed by atoms with van der Waals surface area (Å²) < 4.78 is 33.7. The molecule has 1 aliphatic carbocycles. The highest BCUT2D eigenvalue weighted by molar-refractivity contribution is 7.89. The summed E-state index contributed by atoms with van der Waals surface area (Å²) in [6.07, 6.45) is 3.31. The van der Waals surface area contributed by atoms with Crippen LogP contribution in [0, 0.1) is 11.8 Å². The fourth-order valence-electron chi connectivity index (χ4n) is 3.73. The number of nitrogens with zero attached hydrogens (tertiary/aromatic N) is 1. The number of carbonyl (C=O) groups is 1. The van der Waals surface area contributed by atoms with E-state index in [0.717, 1.165) is 12.8 Å². The molecule has 28 heavy (non-hydrogen) atoms. The highest BCUT2D eigenvalue weighted by Crippen LogP contribution is 2.29. The molecule has 1 fully saturated rings. The van der Waals surface area contributed by atoms with Crippen molar-refractivity contribution in [1.82, 2.24) is 14.6 Å². The first kappa shape index (κ1) is 20.6. The molecule has 8 nitrogen and oxygen atoms in total. The molecule has 0 spiro atoms. The van der Waals surface area contributed by atoms with Crippen LogP contribution < -0.4 is 15.8 Å². The van der Waals surface area contributed by atoms with Crippen molar-refractivity contribution in [2.45, 2.75) is 50.5 Å². The van der Waals surface area contributed by atoms with Crippen LogP contribution in [0.5, 0.6) is 0 Å². The number of fused-ring (bicyclic) bond motifs is 1. The first-order chi connectivity index (χ1) is 13.2. The van der Waals surface area contributed by atoms with Gasteiger partial charge in [0.25, 0.3) is 0 Å². The molecule has 2 N–H and O–H groups in total. The fourth-order valence-corrected chi connectivity index (χ4v) is 4.78. The number of benzene rings is 1. The molecule has 0 aliphatic heterocycles. The van der Waals surface area contributed by atoms with Gasteiger partial charge < -0.3 is 9.73 Å². The van der Waals surface area contributed by atoms with Crippen molar-refractivity contribution >= 4 is 27.0 Å². The number of hydrogen-bond donors (Lipinski definition) is 2. The number of amides is 1. The molecule has 2 aromatic rings. The summed E-state index contributed by atoms with van der Waals surface area (Å²) in [6.45, 7) is 4.35. The van der Waals surface area contributed by atoms with Crippen molar-refractivity contribution in [2.24, 2.45) is 18.9 Å². The minimum atomic E-state index is -3.80. The molecular formula is C19H27N3O5S. The van der Waals surface area contributed by atoms with E-state index in [9.17, 15) is 18.0 Å². The van der Waals surface area contributed by atoms with Crippen LogP contribution in [0.2, 0.25) is 0 Å². The predicted molar refractivity (Wildman–Crippen MR) is 105 cm³/mol. The average molecular weight is 410 g/mol. The van der Waals surface area contributed by atoms with E-state index in [1.807, 2.05) is 0 Å². The van der Waals surface area contributed by atoms with Gasteiger partial charge in [0.2, 0.25) is 15.9 Å². The second kappa shape index (κ2) is 8.08. The van der Waals surface area contributed by atoms with Crippen LogP contribution in [-0.4, -0.2) is 31.5 Å². The van der Waals surface area contributed by atoms with E-state index in [-0.39, 0.29) is 35.4 Å². The second-order valence-corrected chi connectivity index (χ2v) is 9.41. The molecule has 1 aromatic heterocycles. The average Bonchev–Trinajstić information content (AvgIpc) is 2.92. The minimum absolute atomic E-state index is 0.00158. The lowest BCUT2D eigenvalue weighted by atomic mass is 9.78. The molecule has 3 atom stereocenters. The third-order valence-corrected chi connectivity index (χ3v) is 7.23. The third-order valence-electron chi connectivity index (χ3n) is 5.77. The van der Waals surface area contributed by atoms with Crippen LogP contribution in [0.1, 0.15) is 39.5 Å². The van der Waals surface area contributed by atoms with Gasteiger partial charge in [0, 0.05) is 32.1 Å². The van der Waals surface area contributed by atoms with Gasteiger partial charge in [-0.25, -0.2) is 17.9 Å². The first-order valence-corrected chi connectivity index (χ1v) is 11.1. The highest BCUT2D eigenvalue weighted by atomic mass is 32.2. The van der Waals surface area contributed by atoms with Gasteiger partial charge in [-0.3, -0.25) is 9.36 Å². The molecule has 0 unspecified atom stereocenters. The van der Waals surface area contributed by atoms with E-state index >= 15 is 0 Å². The molecule has 154 valence electrons. The Morgan fingerprint density at radius 3 is 2.79 bits per heavy atom. The number of oxazole rings is 1. The van der Waals surface area contributed by atoms with Gasteiger partial charge in [-0.15, -0.1) is 0 Å². The summed E-state index contributed by atoms with van der Waals surface area (Å²) in [4.78, 5) is 23.7. The van der Waals surface area contributed by atoms with Gasteiger partial charge >= 0.3 is 5.76 Å². The Kier molecular flexibility index (Phi) is 5.95. The summed E-state index contributed by atoms with van der Waals surface area (Å²) in [7, 11) is -2.26. The minimum Gasteiger partial charge on any atom is -0.408 e. The number of nitrogens with one attached hydrogen (secondary N) is 2. The number of sulfonamides is 1. The SMILES string of the molecule is C[C@@H]1[C@H](C)CCC[C@H]1NC(=O)CCNS(=O)(=O)c1ccc2c(c1)oc(=O)n2C. The Morgan fingerprint density at radius 2 is 2.04 bits per heavy atom. The van der Waals surface area contributed by atoms with Crippen LogP contribution in [-0.2, 0) is 21.9 Å². The third kappa shape index (κ3) is 4.30. The van der Waals surface area contributed by atoms with Crippen molar-refractivity contribution < 1.29 is 17.6 Å². The summed E-state index contributed by atoms with van der Waals surface area (Å²) in [5, 5.41) is 3.03. The molecule has 0 saturated heterocycles. The molecule has 0 bridgehead atoms. The smallest absolute Gasteiger partial charge is 0.408 e.